The van der Waals surface area contributed by atoms with E-state index in [0.29, 0.717) is 38.5 Å². The Kier molecular flexibility index (Phi) is 6.68. The summed E-state index contributed by atoms with van der Waals surface area (Å²) in [5, 5.41) is 0.152. The number of nitrogens with zero attached hydrogens (tertiary/aromatic N) is 5. The molecule has 3 saturated heterocycles. The number of piperazine rings is 1. The molecule has 12 heteroatoms. The van der Waals surface area contributed by atoms with Crippen LogP contribution >= 0.6 is 23.2 Å². The highest BCUT2D eigenvalue weighted by Gasteiger charge is 2.48. The Morgan fingerprint density at radius 2 is 1.84 bits per heavy atom. The number of pyridine rings is 1. The number of fused-ring (bicyclic) bond motifs is 2. The summed E-state index contributed by atoms with van der Waals surface area (Å²) < 4.78 is 25.2. The zero-order valence-corrected chi connectivity index (χ0v) is 23.4. The molecule has 0 unspecified atom stereocenters. The van der Waals surface area contributed by atoms with Gasteiger partial charge in [-0.1, -0.05) is 23.2 Å². The van der Waals surface area contributed by atoms with Crippen molar-refractivity contribution in [2.75, 3.05) is 50.8 Å². The first kappa shape index (κ1) is 26.6. The number of amides is 2. The van der Waals surface area contributed by atoms with Crippen LogP contribution in [-0.4, -0.2) is 107 Å². The highest BCUT2D eigenvalue weighted by molar-refractivity contribution is 6.42. The van der Waals surface area contributed by atoms with Crippen molar-refractivity contribution in [1.82, 2.24) is 19.7 Å². The van der Waals surface area contributed by atoms with Crippen molar-refractivity contribution in [3.05, 3.63) is 15.7 Å². The van der Waals surface area contributed by atoms with Gasteiger partial charge in [0.15, 0.2) is 10.9 Å². The molecule has 0 aliphatic carbocycles. The fourth-order valence-corrected chi connectivity index (χ4v) is 6.05. The number of likely N-dealkylation sites (tertiary alicyclic amines) is 1. The van der Waals surface area contributed by atoms with E-state index in [1.54, 1.807) is 9.80 Å². The summed E-state index contributed by atoms with van der Waals surface area (Å²) in [6, 6.07) is -0.244. The summed E-state index contributed by atoms with van der Waals surface area (Å²) in [7, 11) is 0. The molecule has 204 valence electrons. The zero-order valence-electron chi connectivity index (χ0n) is 21.9. The van der Waals surface area contributed by atoms with E-state index in [1.165, 1.54) is 0 Å². The van der Waals surface area contributed by atoms with E-state index in [1.807, 2.05) is 20.8 Å². The van der Waals surface area contributed by atoms with E-state index in [9.17, 15) is 14.0 Å². The van der Waals surface area contributed by atoms with E-state index in [4.69, 9.17) is 32.7 Å². The maximum Gasteiger partial charge on any atom is 0.410 e. The van der Waals surface area contributed by atoms with E-state index in [0.717, 1.165) is 6.42 Å². The summed E-state index contributed by atoms with van der Waals surface area (Å²) >= 11 is 13.0. The zero-order chi connectivity index (χ0) is 26.9. The molecule has 9 nitrogen and oxygen atoms in total. The van der Waals surface area contributed by atoms with Crippen molar-refractivity contribution in [1.29, 1.82) is 0 Å². The standard InChI is InChI=1S/C25H34Cl2FN5O4/c1-24(2,3)37-23(35)30-6-7-32-16(11-30)13-36-19-17(22(32)34)21(29-20(27)18(19)26)33-12-15(8-25(33,4)5)31-9-14(28)10-31/h14-16H,6-13H2,1-5H3/t15-,16+/m0/s1. The summed E-state index contributed by atoms with van der Waals surface area (Å²) in [5.74, 6) is 0.385. The van der Waals surface area contributed by atoms with Crippen LogP contribution in [0.15, 0.2) is 0 Å². The summed E-state index contributed by atoms with van der Waals surface area (Å²) in [4.78, 5) is 38.8. The largest absolute Gasteiger partial charge is 0.489 e. The predicted octanol–water partition coefficient (Wildman–Crippen LogP) is 3.85. The van der Waals surface area contributed by atoms with Gasteiger partial charge in [0.1, 0.15) is 34.8 Å². The van der Waals surface area contributed by atoms with E-state index < -0.39 is 17.9 Å². The molecule has 5 heterocycles. The molecule has 2 amide bonds. The van der Waals surface area contributed by atoms with Crippen molar-refractivity contribution in [2.45, 2.75) is 70.4 Å². The number of carbonyl (C=O) groups excluding carboxylic acids is 2. The number of ether oxygens (including phenoxy) is 2. The fourth-order valence-electron chi connectivity index (χ4n) is 5.69. The lowest BCUT2D eigenvalue weighted by atomic mass is 9.97. The number of halogens is 3. The van der Waals surface area contributed by atoms with Gasteiger partial charge in [0.05, 0.1) is 6.04 Å². The SMILES string of the molecule is CC(C)(C)OC(=O)N1CCN2C(=O)c3c(N4C[C@@H](N5CC(F)C5)CC4(C)C)nc(Cl)c(Cl)c3OC[C@H]2C1. The summed E-state index contributed by atoms with van der Waals surface area (Å²) in [6.07, 6.45) is -0.415. The molecule has 4 aliphatic rings. The molecular weight excluding hydrogens is 524 g/mol. The first-order valence-electron chi connectivity index (χ1n) is 12.7. The van der Waals surface area contributed by atoms with Crippen molar-refractivity contribution in [3.8, 4) is 5.75 Å². The Morgan fingerprint density at radius 3 is 2.49 bits per heavy atom. The monoisotopic (exact) mass is 557 g/mol. The second kappa shape index (κ2) is 9.31. The second-order valence-corrected chi connectivity index (χ2v) is 12.7. The molecule has 1 aromatic rings. The van der Waals surface area contributed by atoms with Gasteiger partial charge in [-0.25, -0.2) is 14.2 Å². The van der Waals surface area contributed by atoms with Gasteiger partial charge < -0.3 is 24.2 Å². The third-order valence-electron chi connectivity index (χ3n) is 7.56. The second-order valence-electron chi connectivity index (χ2n) is 12.0. The Hall–Kier alpha value is -2.04. The molecule has 37 heavy (non-hydrogen) atoms. The first-order chi connectivity index (χ1) is 17.2. The number of rotatable bonds is 2. The van der Waals surface area contributed by atoms with Gasteiger partial charge in [0.2, 0.25) is 0 Å². The number of aromatic nitrogens is 1. The van der Waals surface area contributed by atoms with Crippen LogP contribution in [0, 0.1) is 0 Å². The molecule has 3 fully saturated rings. The number of hydrogen-bond acceptors (Lipinski definition) is 7. The van der Waals surface area contributed by atoms with E-state index >= 15 is 0 Å². The van der Waals surface area contributed by atoms with Gasteiger partial charge >= 0.3 is 6.09 Å². The maximum atomic E-state index is 14.0. The topological polar surface area (TPSA) is 78.5 Å². The minimum atomic E-state index is -0.789. The average molecular weight is 558 g/mol. The molecule has 2 atom stereocenters. The van der Waals surface area contributed by atoms with Crippen LogP contribution in [0.3, 0.4) is 0 Å². The third kappa shape index (κ3) is 4.92. The molecule has 0 aromatic carbocycles. The molecule has 1 aromatic heterocycles. The Morgan fingerprint density at radius 1 is 1.14 bits per heavy atom. The van der Waals surface area contributed by atoms with Crippen LogP contribution in [0.2, 0.25) is 10.2 Å². The molecule has 0 radical (unpaired) electrons. The quantitative estimate of drug-likeness (QED) is 0.511. The van der Waals surface area contributed by atoms with Crippen molar-refractivity contribution < 1.29 is 23.5 Å². The summed E-state index contributed by atoms with van der Waals surface area (Å²) in [5.41, 5.74) is -0.693. The lowest BCUT2D eigenvalue weighted by molar-refractivity contribution is 0.000951. The van der Waals surface area contributed by atoms with Crippen LogP contribution in [0.4, 0.5) is 15.0 Å². The summed E-state index contributed by atoms with van der Waals surface area (Å²) in [6.45, 7) is 12.1. The average Bonchev–Trinajstić information content (AvgIpc) is 3.01. The molecule has 4 aliphatic heterocycles. The minimum absolute atomic E-state index is 0.0606. The highest BCUT2D eigenvalue weighted by atomic mass is 35.5. The van der Waals surface area contributed by atoms with Gasteiger partial charge in [0.25, 0.3) is 5.91 Å². The lowest BCUT2D eigenvalue weighted by Crippen LogP contribution is -2.58. The van der Waals surface area contributed by atoms with Crippen LogP contribution in [0.25, 0.3) is 0 Å². The predicted molar refractivity (Wildman–Crippen MR) is 139 cm³/mol. The lowest BCUT2D eigenvalue weighted by Gasteiger charge is -2.40. The molecular formula is C25H34Cl2FN5O4. The van der Waals surface area contributed by atoms with Gasteiger partial charge in [-0.15, -0.1) is 0 Å². The van der Waals surface area contributed by atoms with Gasteiger partial charge in [0, 0.05) is 50.8 Å². The van der Waals surface area contributed by atoms with Gasteiger partial charge in [-0.2, -0.15) is 0 Å². The molecule has 0 saturated carbocycles. The molecule has 5 rings (SSSR count). The van der Waals surface area contributed by atoms with Gasteiger partial charge in [-0.05, 0) is 41.0 Å². The third-order valence-corrected chi connectivity index (χ3v) is 8.28. The Labute approximate surface area is 226 Å². The smallest absolute Gasteiger partial charge is 0.410 e. The normalized spacial score (nSPS) is 26.3. The van der Waals surface area contributed by atoms with Crippen LogP contribution in [0.5, 0.6) is 5.75 Å². The van der Waals surface area contributed by atoms with Crippen LogP contribution < -0.4 is 9.64 Å². The minimum Gasteiger partial charge on any atom is -0.489 e. The van der Waals surface area contributed by atoms with Crippen LogP contribution in [-0.2, 0) is 4.74 Å². The Balaban J connectivity index is 1.45. The first-order valence-corrected chi connectivity index (χ1v) is 13.5. The number of hydrogen-bond donors (Lipinski definition) is 0. The Bertz CT molecular complexity index is 1110. The van der Waals surface area contributed by atoms with Crippen molar-refractivity contribution in [2.24, 2.45) is 0 Å². The molecule has 0 spiro atoms. The number of anilines is 1. The van der Waals surface area contributed by atoms with E-state index in [-0.39, 0.29) is 58.2 Å². The fraction of sp³-hybridized carbons (Fsp3) is 0.720. The van der Waals surface area contributed by atoms with Gasteiger partial charge in [-0.3, -0.25) is 9.69 Å². The number of alkyl halides is 1. The molecule has 0 bridgehead atoms. The highest BCUT2D eigenvalue weighted by Crippen LogP contribution is 2.46. The number of carbonyl (C=O) groups is 2. The van der Waals surface area contributed by atoms with Crippen molar-refractivity contribution in [3.63, 3.8) is 0 Å². The molecule has 0 N–H and O–H groups in total. The van der Waals surface area contributed by atoms with E-state index in [2.05, 4.69) is 28.6 Å². The van der Waals surface area contributed by atoms with Crippen LogP contribution in [0.1, 0.15) is 51.4 Å². The maximum absolute atomic E-state index is 14.0. The van der Waals surface area contributed by atoms with Crippen molar-refractivity contribution >= 4 is 41.0 Å².